The Bertz CT molecular complexity index is 134. The summed E-state index contributed by atoms with van der Waals surface area (Å²) in [5.41, 5.74) is 9.34. The highest BCUT2D eigenvalue weighted by Crippen LogP contribution is 1.79. The maximum absolute atomic E-state index is 10.3. The average Bonchev–Trinajstić information content (AvgIpc) is 1.84. The molecule has 0 aliphatic carbocycles. The van der Waals surface area contributed by atoms with Crippen LogP contribution in [0.4, 0.5) is 0 Å². The second kappa shape index (κ2) is 3.16. The topological polar surface area (TPSA) is 106 Å². The lowest BCUT2D eigenvalue weighted by molar-refractivity contribution is -0.140. The van der Waals surface area contributed by atoms with Gasteiger partial charge in [-0.1, -0.05) is 0 Å². The van der Waals surface area contributed by atoms with Gasteiger partial charge >= 0.3 is 0 Å². The fourth-order valence-electron chi connectivity index (χ4n) is 0.271. The van der Waals surface area contributed by atoms with Gasteiger partial charge < -0.3 is 16.6 Å². The molecule has 0 radical (unpaired) electrons. The first-order valence-corrected chi connectivity index (χ1v) is 2.31. The molecule has 5 N–H and O–H groups in total. The van der Waals surface area contributed by atoms with Crippen LogP contribution in [0.1, 0.15) is 0 Å². The summed E-state index contributed by atoms with van der Waals surface area (Å²) in [4.78, 5) is 20.2. The van der Waals surface area contributed by atoms with E-state index in [0.717, 1.165) is 0 Å². The Morgan fingerprint density at radius 3 is 2.11 bits per heavy atom. The van der Waals surface area contributed by atoms with Crippen LogP contribution in [0.15, 0.2) is 0 Å². The molecule has 0 saturated heterocycles. The van der Waals surface area contributed by atoms with Crippen molar-refractivity contribution >= 4 is 11.7 Å². The van der Waals surface area contributed by atoms with Crippen LogP contribution in [0.5, 0.6) is 0 Å². The van der Waals surface area contributed by atoms with Gasteiger partial charge in [0.05, 0.1) is 0 Å². The summed E-state index contributed by atoms with van der Waals surface area (Å²) in [7, 11) is 0. The molecule has 1 atom stereocenters. The van der Waals surface area contributed by atoms with Gasteiger partial charge in [-0.15, -0.1) is 0 Å². The SMILES string of the molecule is NCC(O)C(=O)C(N)=O. The van der Waals surface area contributed by atoms with E-state index in [1.165, 1.54) is 0 Å². The van der Waals surface area contributed by atoms with Gasteiger partial charge in [0.1, 0.15) is 6.10 Å². The second-order valence-corrected chi connectivity index (χ2v) is 1.48. The van der Waals surface area contributed by atoms with Gasteiger partial charge in [-0.3, -0.25) is 9.59 Å². The molecular weight excluding hydrogens is 124 g/mol. The van der Waals surface area contributed by atoms with E-state index in [-0.39, 0.29) is 6.54 Å². The molecule has 52 valence electrons. The summed E-state index contributed by atoms with van der Waals surface area (Å²) in [5, 5.41) is 8.52. The zero-order valence-corrected chi connectivity index (χ0v) is 4.70. The third-order valence-electron chi connectivity index (χ3n) is 0.769. The molecule has 0 spiro atoms. The van der Waals surface area contributed by atoms with Gasteiger partial charge in [-0.05, 0) is 0 Å². The van der Waals surface area contributed by atoms with Crippen molar-refractivity contribution in [2.45, 2.75) is 6.10 Å². The number of carbonyl (C=O) groups excluding carboxylic acids is 2. The quantitative estimate of drug-likeness (QED) is 0.365. The zero-order chi connectivity index (χ0) is 7.44. The molecule has 0 aliphatic heterocycles. The molecule has 5 heteroatoms. The number of ketones is 1. The summed E-state index contributed by atoms with van der Waals surface area (Å²) in [6, 6.07) is 0. The van der Waals surface area contributed by atoms with Gasteiger partial charge in [0.25, 0.3) is 5.91 Å². The summed E-state index contributed by atoms with van der Waals surface area (Å²) in [6.45, 7) is -0.276. The smallest absolute Gasteiger partial charge is 0.287 e. The van der Waals surface area contributed by atoms with E-state index in [4.69, 9.17) is 10.8 Å². The largest absolute Gasteiger partial charge is 0.383 e. The summed E-state index contributed by atoms with van der Waals surface area (Å²) < 4.78 is 0. The number of nitrogens with two attached hydrogens (primary N) is 2. The first kappa shape index (κ1) is 8.06. The highest BCUT2D eigenvalue weighted by atomic mass is 16.3. The lowest BCUT2D eigenvalue weighted by Crippen LogP contribution is -2.38. The number of primary amides is 1. The van der Waals surface area contributed by atoms with Crippen molar-refractivity contribution in [3.8, 4) is 0 Å². The molecule has 0 bridgehead atoms. The number of carbonyl (C=O) groups is 2. The molecule has 0 rings (SSSR count). The summed E-state index contributed by atoms with van der Waals surface area (Å²) in [6.07, 6.45) is -1.44. The van der Waals surface area contributed by atoms with E-state index in [1.807, 2.05) is 0 Å². The molecule has 0 aromatic rings. The van der Waals surface area contributed by atoms with E-state index < -0.39 is 17.8 Å². The molecule has 0 fully saturated rings. The van der Waals surface area contributed by atoms with Crippen molar-refractivity contribution in [3.05, 3.63) is 0 Å². The standard InChI is InChI=1S/C4H8N2O3/c5-1-2(7)3(8)4(6)9/h2,7H,1,5H2,(H2,6,9). The Hall–Kier alpha value is -0.940. The van der Waals surface area contributed by atoms with Gasteiger partial charge in [0.15, 0.2) is 0 Å². The number of aliphatic hydroxyl groups excluding tert-OH is 1. The highest BCUT2D eigenvalue weighted by Gasteiger charge is 2.17. The van der Waals surface area contributed by atoms with Crippen LogP contribution in [-0.4, -0.2) is 29.4 Å². The number of aliphatic hydroxyl groups is 1. The molecule has 0 aliphatic rings. The average molecular weight is 132 g/mol. The molecule has 1 unspecified atom stereocenters. The number of hydrogen-bond acceptors (Lipinski definition) is 4. The Labute approximate surface area is 51.6 Å². The number of amides is 1. The van der Waals surface area contributed by atoms with Crippen molar-refractivity contribution in [1.29, 1.82) is 0 Å². The van der Waals surface area contributed by atoms with E-state index in [1.54, 1.807) is 0 Å². The van der Waals surface area contributed by atoms with Crippen molar-refractivity contribution < 1.29 is 14.7 Å². The van der Waals surface area contributed by atoms with Gasteiger partial charge in [-0.25, -0.2) is 0 Å². The van der Waals surface area contributed by atoms with Crippen molar-refractivity contribution in [2.75, 3.05) is 6.54 Å². The van der Waals surface area contributed by atoms with E-state index in [0.29, 0.717) is 0 Å². The monoisotopic (exact) mass is 132 g/mol. The van der Waals surface area contributed by atoms with E-state index in [2.05, 4.69) is 5.73 Å². The summed E-state index contributed by atoms with van der Waals surface area (Å²) in [5.74, 6) is -2.20. The van der Waals surface area contributed by atoms with Crippen LogP contribution in [0, 0.1) is 0 Å². The lowest BCUT2D eigenvalue weighted by atomic mass is 10.2. The molecule has 9 heavy (non-hydrogen) atoms. The normalized spacial score (nSPS) is 12.7. The Balaban J connectivity index is 3.88. The van der Waals surface area contributed by atoms with E-state index in [9.17, 15) is 9.59 Å². The first-order chi connectivity index (χ1) is 4.09. The highest BCUT2D eigenvalue weighted by molar-refractivity contribution is 6.37. The second-order valence-electron chi connectivity index (χ2n) is 1.48. The Morgan fingerprint density at radius 2 is 2.00 bits per heavy atom. The molecule has 0 saturated carbocycles. The predicted molar refractivity (Wildman–Crippen MR) is 29.3 cm³/mol. The van der Waals surface area contributed by atoms with Gasteiger partial charge in [0, 0.05) is 6.54 Å². The molecule has 1 amide bonds. The number of rotatable bonds is 3. The number of hydrogen-bond donors (Lipinski definition) is 3. The van der Waals surface area contributed by atoms with E-state index >= 15 is 0 Å². The van der Waals surface area contributed by atoms with Gasteiger partial charge in [-0.2, -0.15) is 0 Å². The molecule has 5 nitrogen and oxygen atoms in total. The van der Waals surface area contributed by atoms with Crippen LogP contribution in [-0.2, 0) is 9.59 Å². The van der Waals surface area contributed by atoms with Crippen molar-refractivity contribution in [1.82, 2.24) is 0 Å². The molecular formula is C4H8N2O3. The third-order valence-corrected chi connectivity index (χ3v) is 0.769. The fraction of sp³-hybridized carbons (Fsp3) is 0.500. The maximum Gasteiger partial charge on any atom is 0.287 e. The lowest BCUT2D eigenvalue weighted by Gasteiger charge is -2.00. The minimum Gasteiger partial charge on any atom is -0.383 e. The molecule has 0 aromatic carbocycles. The minimum absolute atomic E-state index is 0.276. The van der Waals surface area contributed by atoms with Crippen LogP contribution >= 0.6 is 0 Å². The zero-order valence-electron chi connectivity index (χ0n) is 4.70. The van der Waals surface area contributed by atoms with Crippen LogP contribution in [0.2, 0.25) is 0 Å². The minimum atomic E-state index is -1.44. The molecule has 0 aromatic heterocycles. The van der Waals surface area contributed by atoms with Crippen LogP contribution < -0.4 is 11.5 Å². The predicted octanol–water partition coefficient (Wildman–Crippen LogP) is -2.64. The third kappa shape index (κ3) is 2.20. The van der Waals surface area contributed by atoms with Gasteiger partial charge in [0.2, 0.25) is 5.78 Å². The van der Waals surface area contributed by atoms with Crippen molar-refractivity contribution in [2.24, 2.45) is 11.5 Å². The molecule has 0 heterocycles. The number of Topliss-reactive ketones (excluding diaryl/α,β-unsaturated/α-hetero) is 1. The van der Waals surface area contributed by atoms with Crippen LogP contribution in [0.3, 0.4) is 0 Å². The summed E-state index contributed by atoms with van der Waals surface area (Å²) >= 11 is 0. The van der Waals surface area contributed by atoms with Crippen LogP contribution in [0.25, 0.3) is 0 Å². The fourth-order valence-corrected chi connectivity index (χ4v) is 0.271. The van der Waals surface area contributed by atoms with Crippen molar-refractivity contribution in [3.63, 3.8) is 0 Å². The first-order valence-electron chi connectivity index (χ1n) is 2.31. The maximum atomic E-state index is 10.3. The Kier molecular flexibility index (Phi) is 2.83. The Morgan fingerprint density at radius 1 is 1.56 bits per heavy atom.